The Morgan fingerprint density at radius 1 is 1.50 bits per heavy atom. The second-order valence-corrected chi connectivity index (χ2v) is 4.57. The Labute approximate surface area is 115 Å². The number of nitriles is 1. The van der Waals surface area contributed by atoms with Crippen LogP contribution in [-0.4, -0.2) is 38.6 Å². The number of nitrogens with zero attached hydrogens (tertiary/aromatic N) is 5. The van der Waals surface area contributed by atoms with Crippen molar-refractivity contribution in [2.24, 2.45) is 0 Å². The third kappa shape index (κ3) is 2.69. The highest BCUT2D eigenvalue weighted by atomic mass is 16.2. The van der Waals surface area contributed by atoms with Gasteiger partial charge in [-0.25, -0.2) is 4.52 Å². The van der Waals surface area contributed by atoms with E-state index in [4.69, 9.17) is 5.26 Å². The maximum atomic E-state index is 12.2. The molecule has 2 rings (SSSR count). The molecule has 1 amide bonds. The molecule has 0 spiro atoms. The Morgan fingerprint density at radius 2 is 2.25 bits per heavy atom. The van der Waals surface area contributed by atoms with Crippen LogP contribution in [0.25, 0.3) is 5.52 Å². The summed E-state index contributed by atoms with van der Waals surface area (Å²) in [4.78, 5) is 25.6. The van der Waals surface area contributed by atoms with E-state index < -0.39 is 0 Å². The van der Waals surface area contributed by atoms with Crippen molar-refractivity contribution in [3.8, 4) is 6.07 Å². The molecule has 2 aromatic rings. The van der Waals surface area contributed by atoms with Crippen molar-refractivity contribution >= 4 is 11.4 Å². The summed E-state index contributed by atoms with van der Waals surface area (Å²) in [6.45, 7) is 2.12. The zero-order valence-electron chi connectivity index (χ0n) is 11.4. The fourth-order valence-corrected chi connectivity index (χ4v) is 1.88. The van der Waals surface area contributed by atoms with Crippen LogP contribution in [-0.2, 0) is 11.3 Å². The first kappa shape index (κ1) is 13.8. The number of fused-ring (bicyclic) bond motifs is 1. The SMILES string of the molecule is Cc1cc2c(=O)n(CC(=O)N(C)CCC#N)ccn2n1. The number of carbonyl (C=O) groups is 1. The zero-order chi connectivity index (χ0) is 14.7. The van der Waals surface area contributed by atoms with Crippen LogP contribution in [0.4, 0.5) is 0 Å². The molecule has 0 saturated carbocycles. The molecule has 0 aliphatic heterocycles. The van der Waals surface area contributed by atoms with Gasteiger partial charge >= 0.3 is 0 Å². The highest BCUT2D eigenvalue weighted by Crippen LogP contribution is 2.00. The number of amides is 1. The Hall–Kier alpha value is -2.62. The van der Waals surface area contributed by atoms with Crippen molar-refractivity contribution in [3.05, 3.63) is 34.5 Å². The van der Waals surface area contributed by atoms with Crippen molar-refractivity contribution in [1.29, 1.82) is 5.26 Å². The van der Waals surface area contributed by atoms with Crippen LogP contribution < -0.4 is 5.56 Å². The lowest BCUT2D eigenvalue weighted by molar-refractivity contribution is -0.130. The minimum Gasteiger partial charge on any atom is -0.343 e. The summed E-state index contributed by atoms with van der Waals surface area (Å²) < 4.78 is 2.85. The number of hydrogen-bond acceptors (Lipinski definition) is 4. The first-order valence-corrected chi connectivity index (χ1v) is 6.19. The van der Waals surface area contributed by atoms with E-state index in [1.54, 1.807) is 26.2 Å². The number of carbonyl (C=O) groups excluding carboxylic acids is 1. The summed E-state index contributed by atoms with van der Waals surface area (Å²) in [6.07, 6.45) is 3.46. The van der Waals surface area contributed by atoms with E-state index in [-0.39, 0.29) is 24.4 Å². The Bertz CT molecular complexity index is 737. The topological polar surface area (TPSA) is 83.4 Å². The van der Waals surface area contributed by atoms with Gasteiger partial charge in [0.25, 0.3) is 5.56 Å². The van der Waals surface area contributed by atoms with Crippen molar-refractivity contribution in [1.82, 2.24) is 19.1 Å². The lowest BCUT2D eigenvalue weighted by Gasteiger charge is -2.16. The third-order valence-electron chi connectivity index (χ3n) is 3.02. The number of rotatable bonds is 4. The van der Waals surface area contributed by atoms with Crippen LogP contribution in [0.3, 0.4) is 0 Å². The predicted octanol–water partition coefficient (Wildman–Crippen LogP) is 0.176. The maximum absolute atomic E-state index is 12.2. The van der Waals surface area contributed by atoms with Crippen LogP contribution in [0.5, 0.6) is 0 Å². The first-order chi connectivity index (χ1) is 9.52. The zero-order valence-corrected chi connectivity index (χ0v) is 11.4. The van der Waals surface area contributed by atoms with Gasteiger partial charge in [-0.05, 0) is 13.0 Å². The second-order valence-electron chi connectivity index (χ2n) is 4.57. The number of aryl methyl sites for hydroxylation is 1. The Kier molecular flexibility index (Phi) is 3.84. The molecule has 20 heavy (non-hydrogen) atoms. The summed E-state index contributed by atoms with van der Waals surface area (Å²) >= 11 is 0. The predicted molar refractivity (Wildman–Crippen MR) is 72.1 cm³/mol. The van der Waals surface area contributed by atoms with E-state index in [0.717, 1.165) is 5.69 Å². The first-order valence-electron chi connectivity index (χ1n) is 6.19. The third-order valence-corrected chi connectivity index (χ3v) is 3.02. The lowest BCUT2D eigenvalue weighted by Crippen LogP contribution is -2.34. The molecule has 0 saturated heterocycles. The molecule has 0 fully saturated rings. The molecule has 0 aliphatic carbocycles. The van der Waals surface area contributed by atoms with Crippen molar-refractivity contribution in [2.45, 2.75) is 19.9 Å². The van der Waals surface area contributed by atoms with Gasteiger partial charge in [-0.2, -0.15) is 10.4 Å². The number of hydrogen-bond donors (Lipinski definition) is 0. The van der Waals surface area contributed by atoms with E-state index in [1.165, 1.54) is 20.2 Å². The van der Waals surface area contributed by atoms with Gasteiger partial charge in [0, 0.05) is 26.0 Å². The standard InChI is InChI=1S/C13H15N5O2/c1-10-8-11-13(20)17(6-7-18(11)15-10)9-12(19)16(2)5-3-4-14/h6-8H,3,5,9H2,1-2H3. The van der Waals surface area contributed by atoms with Crippen molar-refractivity contribution in [3.63, 3.8) is 0 Å². The lowest BCUT2D eigenvalue weighted by atomic mass is 10.4. The fourth-order valence-electron chi connectivity index (χ4n) is 1.88. The summed E-state index contributed by atoms with van der Waals surface area (Å²) in [5, 5.41) is 12.6. The summed E-state index contributed by atoms with van der Waals surface area (Å²) in [5.74, 6) is -0.206. The van der Waals surface area contributed by atoms with Crippen LogP contribution in [0.1, 0.15) is 12.1 Å². The monoisotopic (exact) mass is 273 g/mol. The van der Waals surface area contributed by atoms with E-state index in [2.05, 4.69) is 5.10 Å². The fraction of sp³-hybridized carbons (Fsp3) is 0.385. The molecule has 0 aromatic carbocycles. The quantitative estimate of drug-likeness (QED) is 0.795. The molecule has 0 unspecified atom stereocenters. The smallest absolute Gasteiger partial charge is 0.277 e. The minimum atomic E-state index is -0.255. The van der Waals surface area contributed by atoms with E-state index in [0.29, 0.717) is 12.1 Å². The van der Waals surface area contributed by atoms with Gasteiger partial charge in [0.05, 0.1) is 18.2 Å². The normalized spacial score (nSPS) is 10.4. The second kappa shape index (κ2) is 5.57. The minimum absolute atomic E-state index is 0.0402. The highest BCUT2D eigenvalue weighted by Gasteiger charge is 2.12. The largest absolute Gasteiger partial charge is 0.343 e. The number of aromatic nitrogens is 3. The molecule has 7 heteroatoms. The Balaban J connectivity index is 2.22. The maximum Gasteiger partial charge on any atom is 0.277 e. The summed E-state index contributed by atoms with van der Waals surface area (Å²) in [6, 6.07) is 3.66. The average molecular weight is 273 g/mol. The van der Waals surface area contributed by atoms with E-state index >= 15 is 0 Å². The van der Waals surface area contributed by atoms with Crippen molar-refractivity contribution < 1.29 is 4.79 Å². The van der Waals surface area contributed by atoms with Gasteiger partial charge in [-0.15, -0.1) is 0 Å². The average Bonchev–Trinajstić information content (AvgIpc) is 2.80. The van der Waals surface area contributed by atoms with Gasteiger partial charge in [0.15, 0.2) is 0 Å². The molecule has 0 radical (unpaired) electrons. The van der Waals surface area contributed by atoms with Crippen LogP contribution in [0, 0.1) is 18.3 Å². The molecule has 2 aromatic heterocycles. The van der Waals surface area contributed by atoms with E-state index in [9.17, 15) is 9.59 Å². The number of likely N-dealkylation sites (N-methyl/N-ethyl adjacent to an activating group) is 1. The van der Waals surface area contributed by atoms with Gasteiger partial charge in [-0.1, -0.05) is 0 Å². The molecule has 0 bridgehead atoms. The van der Waals surface area contributed by atoms with E-state index in [1.807, 2.05) is 6.07 Å². The Morgan fingerprint density at radius 3 is 2.95 bits per heavy atom. The van der Waals surface area contributed by atoms with Gasteiger partial charge in [0.1, 0.15) is 12.1 Å². The molecule has 0 atom stereocenters. The summed E-state index contributed by atoms with van der Waals surface area (Å²) in [7, 11) is 1.62. The van der Waals surface area contributed by atoms with Crippen LogP contribution in [0.15, 0.2) is 23.3 Å². The molecule has 0 aliphatic rings. The molecular formula is C13H15N5O2. The van der Waals surface area contributed by atoms with Crippen molar-refractivity contribution in [2.75, 3.05) is 13.6 Å². The molecule has 104 valence electrons. The van der Waals surface area contributed by atoms with Crippen LogP contribution in [0.2, 0.25) is 0 Å². The van der Waals surface area contributed by atoms with Crippen LogP contribution >= 0.6 is 0 Å². The molecule has 0 N–H and O–H groups in total. The van der Waals surface area contributed by atoms with Gasteiger partial charge in [0.2, 0.25) is 5.91 Å². The molecule has 2 heterocycles. The molecular weight excluding hydrogens is 258 g/mol. The van der Waals surface area contributed by atoms with Gasteiger partial charge in [-0.3, -0.25) is 9.59 Å². The summed E-state index contributed by atoms with van der Waals surface area (Å²) in [5.41, 5.74) is 0.935. The van der Waals surface area contributed by atoms with Gasteiger partial charge < -0.3 is 9.47 Å². The highest BCUT2D eigenvalue weighted by molar-refractivity contribution is 5.75. The molecule has 7 nitrogen and oxygen atoms in total.